The predicted octanol–water partition coefficient (Wildman–Crippen LogP) is 2.84. The first kappa shape index (κ1) is 22.9. The molecule has 2 aromatic heterocycles. The number of hydrogen-bond donors (Lipinski definition) is 1. The van der Waals surface area contributed by atoms with E-state index in [0.29, 0.717) is 5.52 Å². The van der Waals surface area contributed by atoms with Crippen molar-refractivity contribution in [2.45, 2.75) is 18.8 Å². The van der Waals surface area contributed by atoms with Crippen molar-refractivity contribution in [1.82, 2.24) is 18.8 Å². The van der Waals surface area contributed by atoms with Crippen molar-refractivity contribution in [3.05, 3.63) is 52.7 Å². The Kier molecular flexibility index (Phi) is 5.74. The molecule has 1 aliphatic rings. The Morgan fingerprint density at radius 3 is 2.64 bits per heavy atom. The summed E-state index contributed by atoms with van der Waals surface area (Å²) in [6, 6.07) is 4.75. The summed E-state index contributed by atoms with van der Waals surface area (Å²) < 4.78 is 89.2. The lowest BCUT2D eigenvalue weighted by atomic mass is 10.2. The van der Waals surface area contributed by atoms with Crippen LogP contribution in [0.1, 0.15) is 12.0 Å². The number of alkyl halides is 4. The van der Waals surface area contributed by atoms with Gasteiger partial charge in [-0.3, -0.25) is 9.52 Å². The molecule has 9 nitrogen and oxygen atoms in total. The number of halogens is 4. The third-order valence-corrected chi connectivity index (χ3v) is 6.46. The van der Waals surface area contributed by atoms with E-state index < -0.39 is 51.8 Å². The van der Waals surface area contributed by atoms with Gasteiger partial charge in [0.1, 0.15) is 17.5 Å². The molecule has 0 amide bonds. The highest BCUT2D eigenvalue weighted by Gasteiger charge is 2.41. The van der Waals surface area contributed by atoms with E-state index in [-0.39, 0.29) is 24.1 Å². The molecule has 3 heterocycles. The van der Waals surface area contributed by atoms with Gasteiger partial charge in [-0.1, -0.05) is 0 Å². The molecule has 0 bridgehead atoms. The lowest BCUT2D eigenvalue weighted by molar-refractivity contribution is -0.138. The Balaban J connectivity index is 1.73. The molecule has 0 aliphatic carbocycles. The first-order valence-corrected chi connectivity index (χ1v) is 11.0. The van der Waals surface area contributed by atoms with Gasteiger partial charge in [0.25, 0.3) is 5.56 Å². The highest BCUT2D eigenvalue weighted by Crippen LogP contribution is 2.42. The zero-order valence-corrected chi connectivity index (χ0v) is 17.8. The molecule has 33 heavy (non-hydrogen) atoms. The van der Waals surface area contributed by atoms with Gasteiger partial charge in [-0.05, 0) is 30.7 Å². The Morgan fingerprint density at radius 2 is 1.97 bits per heavy atom. The maximum Gasteiger partial charge on any atom is 0.423 e. The quantitative estimate of drug-likeness (QED) is 0.555. The summed E-state index contributed by atoms with van der Waals surface area (Å²) in [5.41, 5.74) is -2.42. The molecule has 1 fully saturated rings. The third kappa shape index (κ3) is 4.61. The number of benzene rings is 1. The number of aromatic nitrogens is 3. The third-order valence-electron chi connectivity index (χ3n) is 4.98. The summed E-state index contributed by atoms with van der Waals surface area (Å²) in [4.78, 5) is 19.9. The number of aryl methyl sites for hydroxylation is 1. The topological polar surface area (TPSA) is 106 Å². The normalized spacial score (nSPS) is 17.4. The number of anilines is 1. The number of nitrogens with zero attached hydrogens (tertiary/aromatic N) is 4. The molecule has 3 aromatic rings. The number of fused-ring (bicyclic) bond motifs is 1. The van der Waals surface area contributed by atoms with Gasteiger partial charge in [-0.2, -0.15) is 25.9 Å². The van der Waals surface area contributed by atoms with Crippen LogP contribution >= 0.6 is 0 Å². The van der Waals surface area contributed by atoms with Gasteiger partial charge in [0, 0.05) is 26.3 Å². The van der Waals surface area contributed by atoms with E-state index >= 15 is 0 Å². The zero-order chi connectivity index (χ0) is 24.0. The molecule has 4 rings (SSSR count). The molecule has 1 N–H and O–H groups in total. The van der Waals surface area contributed by atoms with Crippen molar-refractivity contribution in [3.8, 4) is 11.6 Å². The molecule has 0 spiro atoms. The molecule has 176 valence electrons. The average Bonchev–Trinajstić information content (AvgIpc) is 3.17. The van der Waals surface area contributed by atoms with Gasteiger partial charge >= 0.3 is 16.4 Å². The van der Waals surface area contributed by atoms with Crippen LogP contribution < -0.4 is 15.0 Å². The molecule has 1 unspecified atom stereocenters. The first-order chi connectivity index (χ1) is 15.5. The van der Waals surface area contributed by atoms with Crippen molar-refractivity contribution in [1.29, 1.82) is 0 Å². The van der Waals surface area contributed by atoms with E-state index in [4.69, 9.17) is 4.74 Å². The van der Waals surface area contributed by atoms with Crippen LogP contribution in [0.4, 0.5) is 23.2 Å². The second-order valence-corrected chi connectivity index (χ2v) is 9.00. The van der Waals surface area contributed by atoms with Crippen LogP contribution in [-0.2, 0) is 23.4 Å². The minimum absolute atomic E-state index is 0.0476. The van der Waals surface area contributed by atoms with Crippen molar-refractivity contribution in [2.24, 2.45) is 7.05 Å². The summed E-state index contributed by atoms with van der Waals surface area (Å²) in [6.07, 6.45) is -4.26. The number of rotatable bonds is 5. The highest BCUT2D eigenvalue weighted by atomic mass is 32.2. The fourth-order valence-corrected chi connectivity index (χ4v) is 4.63. The van der Waals surface area contributed by atoms with Gasteiger partial charge in [0.05, 0.1) is 22.9 Å². The monoisotopic (exact) mass is 487 g/mol. The van der Waals surface area contributed by atoms with Gasteiger partial charge in [0.2, 0.25) is 5.88 Å². The van der Waals surface area contributed by atoms with Gasteiger partial charge < -0.3 is 9.30 Å². The molecule has 1 atom stereocenters. The molecular weight excluding hydrogens is 470 g/mol. The predicted molar refractivity (Wildman–Crippen MR) is 110 cm³/mol. The average molecular weight is 487 g/mol. The number of ether oxygens (including phenoxy) is 1. The van der Waals surface area contributed by atoms with Crippen LogP contribution in [-0.4, -0.2) is 46.5 Å². The summed E-state index contributed by atoms with van der Waals surface area (Å²) in [7, 11) is -2.98. The highest BCUT2D eigenvalue weighted by molar-refractivity contribution is 7.90. The van der Waals surface area contributed by atoms with E-state index in [9.17, 15) is 30.8 Å². The molecular formula is C19H17F4N5O4S. The number of hydrogen-bond acceptors (Lipinski definition) is 6. The molecule has 1 aromatic carbocycles. The molecule has 1 aliphatic heterocycles. The van der Waals surface area contributed by atoms with Crippen LogP contribution in [0.3, 0.4) is 0 Å². The summed E-state index contributed by atoms with van der Waals surface area (Å²) in [5.74, 6) is -1.06. The smallest absolute Gasteiger partial charge is 0.423 e. The largest absolute Gasteiger partial charge is 0.438 e. The Bertz CT molecular complexity index is 1380. The van der Waals surface area contributed by atoms with E-state index in [2.05, 4.69) is 9.97 Å². The summed E-state index contributed by atoms with van der Waals surface area (Å²) in [6.45, 7) is -0.614. The van der Waals surface area contributed by atoms with Gasteiger partial charge in [0.15, 0.2) is 0 Å². The van der Waals surface area contributed by atoms with Crippen LogP contribution in [0.5, 0.6) is 11.6 Å². The Morgan fingerprint density at radius 1 is 1.21 bits per heavy atom. The maximum atomic E-state index is 13.9. The van der Waals surface area contributed by atoms with Crippen molar-refractivity contribution >= 4 is 26.8 Å². The minimum atomic E-state index is -5.05. The SMILES string of the molecule is Cn1cnc2ccc(Oc3nccc(NS(=O)(=O)N4CCC(F)C4)c3C(F)(F)F)cc2c1=O. The lowest BCUT2D eigenvalue weighted by Crippen LogP contribution is -2.35. The maximum absolute atomic E-state index is 13.9. The summed E-state index contributed by atoms with van der Waals surface area (Å²) >= 11 is 0. The zero-order valence-electron chi connectivity index (χ0n) is 17.0. The van der Waals surface area contributed by atoms with E-state index in [0.717, 1.165) is 16.6 Å². The first-order valence-electron chi connectivity index (χ1n) is 9.57. The standard InChI is InChI=1S/C19H17F4N5O4S/c1-27-10-25-14-3-2-12(8-13(14)18(27)29)32-17-16(19(21,22)23)15(4-6-24-17)26-33(30,31)28-7-5-11(20)9-28/h2-4,6,8,10-11H,5,7,9H2,1H3,(H,24,26). The second kappa shape index (κ2) is 8.26. The second-order valence-electron chi connectivity index (χ2n) is 7.33. The van der Waals surface area contributed by atoms with E-state index in [1.807, 2.05) is 4.72 Å². The minimum Gasteiger partial charge on any atom is -0.438 e. The van der Waals surface area contributed by atoms with E-state index in [1.54, 1.807) is 0 Å². The molecule has 14 heteroatoms. The van der Waals surface area contributed by atoms with Crippen LogP contribution in [0.15, 0.2) is 41.6 Å². The van der Waals surface area contributed by atoms with Gasteiger partial charge in [-0.25, -0.2) is 14.4 Å². The number of pyridine rings is 1. The van der Waals surface area contributed by atoms with Crippen molar-refractivity contribution in [3.63, 3.8) is 0 Å². The molecule has 0 radical (unpaired) electrons. The fourth-order valence-electron chi connectivity index (χ4n) is 3.35. The molecule has 1 saturated heterocycles. The van der Waals surface area contributed by atoms with Gasteiger partial charge in [-0.15, -0.1) is 0 Å². The van der Waals surface area contributed by atoms with Crippen LogP contribution in [0.25, 0.3) is 10.9 Å². The Labute approximate surface area is 184 Å². The summed E-state index contributed by atoms with van der Waals surface area (Å²) in [5, 5.41) is 0.109. The van der Waals surface area contributed by atoms with Crippen LogP contribution in [0.2, 0.25) is 0 Å². The number of nitrogens with one attached hydrogen (secondary N) is 1. The molecule has 0 saturated carbocycles. The van der Waals surface area contributed by atoms with E-state index in [1.165, 1.54) is 36.1 Å². The van der Waals surface area contributed by atoms with Crippen molar-refractivity contribution < 1.29 is 30.7 Å². The lowest BCUT2D eigenvalue weighted by Gasteiger charge is -2.21. The fraction of sp³-hybridized carbons (Fsp3) is 0.316. The Hall–Kier alpha value is -3.26. The van der Waals surface area contributed by atoms with Crippen LogP contribution in [0, 0.1) is 0 Å². The van der Waals surface area contributed by atoms with Crippen molar-refractivity contribution in [2.75, 3.05) is 17.8 Å².